The van der Waals surface area contributed by atoms with Gasteiger partial charge in [0.15, 0.2) is 0 Å². The van der Waals surface area contributed by atoms with E-state index in [9.17, 15) is 0 Å². The van der Waals surface area contributed by atoms with Crippen LogP contribution in [0.1, 0.15) is 12.8 Å². The van der Waals surface area contributed by atoms with Crippen LogP contribution in [-0.2, 0) is 0 Å². The predicted octanol–water partition coefficient (Wildman–Crippen LogP) is 0.599. The molecular formula is C9H13N3O. The van der Waals surface area contributed by atoms with Crippen molar-refractivity contribution in [3.8, 4) is 0 Å². The average molecular weight is 179 g/mol. The topological polar surface area (TPSA) is 71.2 Å². The van der Waals surface area contributed by atoms with Gasteiger partial charge in [-0.3, -0.25) is 0 Å². The van der Waals surface area contributed by atoms with E-state index in [1.807, 2.05) is 12.1 Å². The number of hydrogen-bond donors (Lipinski definition) is 3. The van der Waals surface area contributed by atoms with E-state index in [0.29, 0.717) is 11.7 Å². The van der Waals surface area contributed by atoms with Crippen LogP contribution in [0.2, 0.25) is 0 Å². The highest BCUT2D eigenvalue weighted by Crippen LogP contribution is 2.23. The Labute approximate surface area is 76.8 Å². The molecule has 2 rings (SSSR count). The zero-order chi connectivity index (χ0) is 9.26. The number of nitrogen functional groups attached to an aromatic ring is 1. The fourth-order valence-corrected chi connectivity index (χ4v) is 1.41. The third-order valence-corrected chi connectivity index (χ3v) is 2.25. The van der Waals surface area contributed by atoms with E-state index in [4.69, 9.17) is 10.8 Å². The molecule has 0 bridgehead atoms. The van der Waals surface area contributed by atoms with Crippen molar-refractivity contribution in [1.29, 1.82) is 0 Å². The Bertz CT molecular complexity index is 279. The van der Waals surface area contributed by atoms with Crippen LogP contribution in [-0.4, -0.2) is 22.2 Å². The fraction of sp³-hybridized carbons (Fsp3) is 0.444. The third kappa shape index (κ3) is 1.89. The first-order valence-electron chi connectivity index (χ1n) is 4.40. The SMILES string of the molecule is Nc1ccc(N[C@H]2C[C@@H](O)C2)nc1. The Balaban J connectivity index is 1.91. The summed E-state index contributed by atoms with van der Waals surface area (Å²) in [4.78, 5) is 4.11. The Morgan fingerprint density at radius 3 is 2.77 bits per heavy atom. The Morgan fingerprint density at radius 1 is 1.46 bits per heavy atom. The second-order valence-electron chi connectivity index (χ2n) is 3.44. The second-order valence-corrected chi connectivity index (χ2v) is 3.44. The maximum atomic E-state index is 9.06. The number of hydrogen-bond acceptors (Lipinski definition) is 4. The molecule has 1 saturated carbocycles. The molecule has 0 atom stereocenters. The van der Waals surface area contributed by atoms with E-state index >= 15 is 0 Å². The van der Waals surface area contributed by atoms with Gasteiger partial charge in [-0.05, 0) is 25.0 Å². The van der Waals surface area contributed by atoms with E-state index < -0.39 is 0 Å². The number of pyridine rings is 1. The van der Waals surface area contributed by atoms with Crippen LogP contribution in [0.3, 0.4) is 0 Å². The summed E-state index contributed by atoms with van der Waals surface area (Å²) in [6, 6.07) is 4.02. The van der Waals surface area contributed by atoms with Gasteiger partial charge in [-0.15, -0.1) is 0 Å². The third-order valence-electron chi connectivity index (χ3n) is 2.25. The van der Waals surface area contributed by atoms with Gasteiger partial charge in [-0.1, -0.05) is 0 Å². The molecule has 0 aromatic carbocycles. The molecule has 1 heterocycles. The van der Waals surface area contributed by atoms with Gasteiger partial charge in [0.05, 0.1) is 18.0 Å². The molecule has 4 heteroatoms. The molecule has 1 aliphatic rings. The van der Waals surface area contributed by atoms with Crippen LogP contribution in [0, 0.1) is 0 Å². The maximum Gasteiger partial charge on any atom is 0.126 e. The quantitative estimate of drug-likeness (QED) is 0.621. The van der Waals surface area contributed by atoms with Crippen molar-refractivity contribution in [2.75, 3.05) is 11.1 Å². The summed E-state index contributed by atoms with van der Waals surface area (Å²) >= 11 is 0. The van der Waals surface area contributed by atoms with Crippen LogP contribution in [0.25, 0.3) is 0 Å². The standard InChI is InChI=1S/C9H13N3O/c10-6-1-2-9(11-5-6)12-7-3-8(13)4-7/h1-2,5,7-8,13H,3-4,10H2,(H,11,12)/t7-,8+. The van der Waals surface area contributed by atoms with Gasteiger partial charge >= 0.3 is 0 Å². The number of nitrogens with one attached hydrogen (secondary N) is 1. The van der Waals surface area contributed by atoms with Gasteiger partial charge in [0.1, 0.15) is 5.82 Å². The zero-order valence-corrected chi connectivity index (χ0v) is 7.27. The van der Waals surface area contributed by atoms with Crippen LogP contribution < -0.4 is 11.1 Å². The Kier molecular flexibility index (Phi) is 2.06. The minimum absolute atomic E-state index is 0.133. The van der Waals surface area contributed by atoms with E-state index in [2.05, 4.69) is 10.3 Å². The molecule has 13 heavy (non-hydrogen) atoms. The Hall–Kier alpha value is -1.29. The number of aliphatic hydroxyl groups excluding tert-OH is 1. The van der Waals surface area contributed by atoms with Crippen molar-refractivity contribution in [2.24, 2.45) is 0 Å². The van der Waals surface area contributed by atoms with Gasteiger partial charge < -0.3 is 16.2 Å². The molecule has 0 saturated heterocycles. The summed E-state index contributed by atoms with van der Waals surface area (Å²) < 4.78 is 0. The largest absolute Gasteiger partial charge is 0.397 e. The summed E-state index contributed by atoms with van der Waals surface area (Å²) in [6.45, 7) is 0. The molecule has 70 valence electrons. The number of anilines is 2. The summed E-state index contributed by atoms with van der Waals surface area (Å²) in [5.41, 5.74) is 6.16. The molecule has 0 aliphatic heterocycles. The molecule has 1 fully saturated rings. The molecule has 1 aromatic heterocycles. The highest BCUT2D eigenvalue weighted by molar-refractivity contribution is 5.44. The number of aliphatic hydroxyl groups is 1. The first-order valence-corrected chi connectivity index (χ1v) is 4.40. The number of nitrogens with two attached hydrogens (primary N) is 1. The second kappa shape index (κ2) is 3.22. The van der Waals surface area contributed by atoms with Crippen LogP contribution in [0.15, 0.2) is 18.3 Å². The van der Waals surface area contributed by atoms with Crippen molar-refractivity contribution in [2.45, 2.75) is 25.0 Å². The lowest BCUT2D eigenvalue weighted by Gasteiger charge is -2.32. The maximum absolute atomic E-state index is 9.06. The lowest BCUT2D eigenvalue weighted by molar-refractivity contribution is 0.0835. The van der Waals surface area contributed by atoms with Gasteiger partial charge in [-0.2, -0.15) is 0 Å². The molecule has 0 unspecified atom stereocenters. The van der Waals surface area contributed by atoms with Crippen LogP contribution in [0.5, 0.6) is 0 Å². The normalized spacial score (nSPS) is 26.5. The lowest BCUT2D eigenvalue weighted by Crippen LogP contribution is -2.39. The zero-order valence-electron chi connectivity index (χ0n) is 7.27. The van der Waals surface area contributed by atoms with Crippen LogP contribution >= 0.6 is 0 Å². The summed E-state index contributed by atoms with van der Waals surface area (Å²) in [6.07, 6.45) is 3.11. The van der Waals surface area contributed by atoms with Crippen molar-refractivity contribution in [1.82, 2.24) is 4.98 Å². The van der Waals surface area contributed by atoms with Gasteiger partial charge in [-0.25, -0.2) is 4.98 Å². The van der Waals surface area contributed by atoms with E-state index in [0.717, 1.165) is 18.7 Å². The summed E-state index contributed by atoms with van der Waals surface area (Å²) in [7, 11) is 0. The molecule has 0 amide bonds. The molecule has 1 aliphatic carbocycles. The van der Waals surface area contributed by atoms with Crippen molar-refractivity contribution in [3.05, 3.63) is 18.3 Å². The lowest BCUT2D eigenvalue weighted by atomic mass is 9.89. The van der Waals surface area contributed by atoms with Gasteiger partial charge in [0.2, 0.25) is 0 Å². The minimum Gasteiger partial charge on any atom is -0.397 e. The first kappa shape index (κ1) is 8.31. The van der Waals surface area contributed by atoms with E-state index in [1.165, 1.54) is 0 Å². The summed E-state index contributed by atoms with van der Waals surface area (Å²) in [5, 5.41) is 12.3. The van der Waals surface area contributed by atoms with Crippen LogP contribution in [0.4, 0.5) is 11.5 Å². The molecular weight excluding hydrogens is 166 g/mol. The fourth-order valence-electron chi connectivity index (χ4n) is 1.41. The van der Waals surface area contributed by atoms with Crippen molar-refractivity contribution >= 4 is 11.5 Å². The predicted molar refractivity (Wildman–Crippen MR) is 51.3 cm³/mol. The highest BCUT2D eigenvalue weighted by Gasteiger charge is 2.26. The number of rotatable bonds is 2. The number of nitrogens with zero attached hydrogens (tertiary/aromatic N) is 1. The van der Waals surface area contributed by atoms with Crippen molar-refractivity contribution < 1.29 is 5.11 Å². The van der Waals surface area contributed by atoms with E-state index in [-0.39, 0.29) is 6.10 Å². The average Bonchev–Trinajstić information content (AvgIpc) is 2.06. The Morgan fingerprint density at radius 2 is 2.23 bits per heavy atom. The molecule has 4 N–H and O–H groups in total. The molecule has 4 nitrogen and oxygen atoms in total. The minimum atomic E-state index is -0.133. The highest BCUT2D eigenvalue weighted by atomic mass is 16.3. The van der Waals surface area contributed by atoms with Crippen molar-refractivity contribution in [3.63, 3.8) is 0 Å². The first-order chi connectivity index (χ1) is 6.24. The summed E-state index contributed by atoms with van der Waals surface area (Å²) in [5.74, 6) is 0.825. The molecule has 0 radical (unpaired) electrons. The van der Waals surface area contributed by atoms with Gasteiger partial charge in [0, 0.05) is 6.04 Å². The molecule has 0 spiro atoms. The molecule has 1 aromatic rings. The van der Waals surface area contributed by atoms with E-state index in [1.54, 1.807) is 6.20 Å². The monoisotopic (exact) mass is 179 g/mol. The number of aromatic nitrogens is 1. The smallest absolute Gasteiger partial charge is 0.126 e. The van der Waals surface area contributed by atoms with Gasteiger partial charge in [0.25, 0.3) is 0 Å².